The van der Waals surface area contributed by atoms with Crippen molar-refractivity contribution in [3.8, 4) is 17.6 Å². The van der Waals surface area contributed by atoms with Crippen molar-refractivity contribution >= 4 is 11.4 Å². The van der Waals surface area contributed by atoms with Crippen LogP contribution in [0.5, 0.6) is 11.5 Å². The van der Waals surface area contributed by atoms with Crippen LogP contribution in [0.4, 0.5) is 11.4 Å². The molecule has 2 aliphatic rings. The monoisotopic (exact) mass is 351 g/mol. The van der Waals surface area contributed by atoms with Crippen molar-refractivity contribution in [2.75, 3.05) is 24.7 Å². The van der Waals surface area contributed by atoms with Crippen LogP contribution in [-0.4, -0.2) is 24.7 Å². The molecule has 26 heavy (non-hydrogen) atoms. The minimum absolute atomic E-state index is 0.0691. The number of nitro groups is 1. The van der Waals surface area contributed by atoms with E-state index in [0.29, 0.717) is 18.8 Å². The minimum atomic E-state index is -0.479. The number of ether oxygens (including phenoxy) is 2. The summed E-state index contributed by atoms with van der Waals surface area (Å²) in [4.78, 5) is 12.6. The highest BCUT2D eigenvalue weighted by molar-refractivity contribution is 5.64. The molecule has 0 radical (unpaired) electrons. The Balaban J connectivity index is 1.69. The Morgan fingerprint density at radius 2 is 1.96 bits per heavy atom. The van der Waals surface area contributed by atoms with Crippen LogP contribution >= 0.6 is 0 Å². The molecule has 0 spiro atoms. The van der Waals surface area contributed by atoms with Gasteiger partial charge in [0, 0.05) is 18.7 Å². The molecule has 2 heterocycles. The van der Waals surface area contributed by atoms with Gasteiger partial charge in [-0.3, -0.25) is 10.1 Å². The maximum Gasteiger partial charge on any atom is 0.270 e. The summed E-state index contributed by atoms with van der Waals surface area (Å²) in [6.07, 6.45) is 1.93. The third kappa shape index (κ3) is 2.80. The van der Waals surface area contributed by atoms with E-state index in [1.165, 1.54) is 12.1 Å². The molecule has 0 saturated carbocycles. The molecule has 1 atom stereocenters. The van der Waals surface area contributed by atoms with Gasteiger partial charge in [-0.05, 0) is 36.6 Å². The fourth-order valence-corrected chi connectivity index (χ4v) is 3.65. The van der Waals surface area contributed by atoms with E-state index in [-0.39, 0.29) is 11.7 Å². The number of benzene rings is 2. The van der Waals surface area contributed by atoms with Gasteiger partial charge in [0.15, 0.2) is 11.5 Å². The second kappa shape index (κ2) is 6.56. The fraction of sp³-hybridized carbons (Fsp3) is 0.316. The second-order valence-corrected chi connectivity index (χ2v) is 6.32. The summed E-state index contributed by atoms with van der Waals surface area (Å²) in [5, 5.41) is 20.4. The third-order valence-electron chi connectivity index (χ3n) is 4.82. The molecule has 2 aromatic rings. The second-order valence-electron chi connectivity index (χ2n) is 6.32. The van der Waals surface area contributed by atoms with Gasteiger partial charge in [-0.2, -0.15) is 5.26 Å². The number of non-ortho nitro benzene ring substituents is 1. The first-order chi connectivity index (χ1) is 12.7. The number of rotatable bonds is 3. The van der Waals surface area contributed by atoms with Crippen molar-refractivity contribution in [3.63, 3.8) is 0 Å². The molecule has 132 valence electrons. The molecule has 2 aromatic carbocycles. The van der Waals surface area contributed by atoms with E-state index >= 15 is 0 Å². The van der Waals surface area contributed by atoms with E-state index in [4.69, 9.17) is 9.47 Å². The van der Waals surface area contributed by atoms with Crippen molar-refractivity contribution in [2.24, 2.45) is 0 Å². The summed E-state index contributed by atoms with van der Waals surface area (Å²) in [6.45, 7) is 1.88. The van der Waals surface area contributed by atoms with Crippen LogP contribution in [0, 0.1) is 21.4 Å². The number of nitro benzene ring substituents is 1. The van der Waals surface area contributed by atoms with Crippen LogP contribution in [0.3, 0.4) is 0 Å². The number of hydrogen-bond acceptors (Lipinski definition) is 6. The van der Waals surface area contributed by atoms with Gasteiger partial charge in [0.1, 0.15) is 19.3 Å². The normalized spacial score (nSPS) is 18.4. The zero-order chi connectivity index (χ0) is 18.1. The van der Waals surface area contributed by atoms with Crippen molar-refractivity contribution in [3.05, 3.63) is 57.6 Å². The summed E-state index contributed by atoms with van der Waals surface area (Å²) in [5.74, 6) is 1.49. The first-order valence-electron chi connectivity index (χ1n) is 8.52. The molecule has 7 heteroatoms. The molecule has 1 fully saturated rings. The minimum Gasteiger partial charge on any atom is -0.486 e. The van der Waals surface area contributed by atoms with Crippen LogP contribution in [0.15, 0.2) is 36.4 Å². The number of fused-ring (bicyclic) bond motifs is 1. The highest BCUT2D eigenvalue weighted by Crippen LogP contribution is 2.41. The zero-order valence-electron chi connectivity index (χ0n) is 14.1. The number of nitrogens with zero attached hydrogens (tertiary/aromatic N) is 3. The van der Waals surface area contributed by atoms with E-state index in [1.807, 2.05) is 18.2 Å². The van der Waals surface area contributed by atoms with Crippen molar-refractivity contribution in [1.82, 2.24) is 0 Å². The van der Waals surface area contributed by atoms with Crippen LogP contribution in [-0.2, 0) is 0 Å². The summed E-state index contributed by atoms with van der Waals surface area (Å²) in [6, 6.07) is 12.6. The van der Waals surface area contributed by atoms with Gasteiger partial charge in [-0.25, -0.2) is 0 Å². The molecule has 7 nitrogen and oxygen atoms in total. The SMILES string of the molecule is N#Cc1cc([N+](=O)[O-])ccc1N1CCCC1c1ccc2c(c1)OCCO2. The molecule has 1 unspecified atom stereocenters. The van der Waals surface area contributed by atoms with Crippen molar-refractivity contribution < 1.29 is 14.4 Å². The number of hydrogen-bond donors (Lipinski definition) is 0. The van der Waals surface area contributed by atoms with Crippen molar-refractivity contribution in [1.29, 1.82) is 5.26 Å². The van der Waals surface area contributed by atoms with E-state index in [9.17, 15) is 15.4 Å². The Morgan fingerprint density at radius 3 is 2.73 bits per heavy atom. The quantitative estimate of drug-likeness (QED) is 0.620. The van der Waals surface area contributed by atoms with Gasteiger partial charge in [-0.15, -0.1) is 0 Å². The molecule has 0 aliphatic carbocycles. The maximum atomic E-state index is 11.0. The highest BCUT2D eigenvalue weighted by atomic mass is 16.6. The zero-order valence-corrected chi connectivity index (χ0v) is 14.1. The Bertz CT molecular complexity index is 906. The lowest BCUT2D eigenvalue weighted by molar-refractivity contribution is -0.384. The van der Waals surface area contributed by atoms with Crippen molar-refractivity contribution in [2.45, 2.75) is 18.9 Å². The lowest BCUT2D eigenvalue weighted by atomic mass is 10.0. The predicted molar refractivity (Wildman–Crippen MR) is 94.6 cm³/mol. The van der Waals surface area contributed by atoms with Crippen LogP contribution in [0.25, 0.3) is 0 Å². The van der Waals surface area contributed by atoms with E-state index < -0.39 is 4.92 Å². The average Bonchev–Trinajstić information content (AvgIpc) is 3.16. The van der Waals surface area contributed by atoms with E-state index in [1.54, 1.807) is 6.07 Å². The predicted octanol–water partition coefficient (Wildman–Crippen LogP) is 3.58. The molecule has 2 aliphatic heterocycles. The number of nitriles is 1. The molecule has 0 amide bonds. The lowest BCUT2D eigenvalue weighted by Crippen LogP contribution is -2.24. The summed E-state index contributed by atoms with van der Waals surface area (Å²) >= 11 is 0. The maximum absolute atomic E-state index is 11.0. The number of anilines is 1. The molecule has 1 saturated heterocycles. The Hall–Kier alpha value is -3.27. The Kier molecular flexibility index (Phi) is 4.09. The topological polar surface area (TPSA) is 88.6 Å². The Labute approximate surface area is 150 Å². The largest absolute Gasteiger partial charge is 0.486 e. The van der Waals surface area contributed by atoms with E-state index in [2.05, 4.69) is 11.0 Å². The summed E-state index contributed by atoms with van der Waals surface area (Å²) in [7, 11) is 0. The molecule has 0 N–H and O–H groups in total. The van der Waals surface area contributed by atoms with Gasteiger partial charge in [0.25, 0.3) is 5.69 Å². The van der Waals surface area contributed by atoms with Gasteiger partial charge < -0.3 is 14.4 Å². The standard InChI is InChI=1S/C19H17N3O4/c20-12-14-10-15(22(23)24)4-5-17(14)21-7-1-2-16(21)13-3-6-18-19(11-13)26-9-8-25-18/h3-6,10-11,16H,1-2,7-9H2. The first kappa shape index (κ1) is 16.2. The fourth-order valence-electron chi connectivity index (χ4n) is 3.65. The van der Waals surface area contributed by atoms with Crippen LogP contribution < -0.4 is 14.4 Å². The highest BCUT2D eigenvalue weighted by Gasteiger charge is 2.29. The van der Waals surface area contributed by atoms with Crippen LogP contribution in [0.1, 0.15) is 30.0 Å². The van der Waals surface area contributed by atoms with Gasteiger partial charge in [0.05, 0.1) is 22.2 Å². The molecular formula is C19H17N3O4. The van der Waals surface area contributed by atoms with Crippen LogP contribution in [0.2, 0.25) is 0 Å². The van der Waals surface area contributed by atoms with E-state index in [0.717, 1.165) is 42.1 Å². The summed E-state index contributed by atoms with van der Waals surface area (Å²) in [5.41, 5.74) is 2.08. The molecule has 0 bridgehead atoms. The van der Waals surface area contributed by atoms with Gasteiger partial charge in [0.2, 0.25) is 0 Å². The first-order valence-corrected chi connectivity index (χ1v) is 8.52. The molecule has 0 aromatic heterocycles. The molecular weight excluding hydrogens is 334 g/mol. The average molecular weight is 351 g/mol. The summed E-state index contributed by atoms with van der Waals surface area (Å²) < 4.78 is 11.3. The lowest BCUT2D eigenvalue weighted by Gasteiger charge is -2.29. The third-order valence-corrected chi connectivity index (χ3v) is 4.82. The smallest absolute Gasteiger partial charge is 0.270 e. The molecule has 4 rings (SSSR count). The van der Waals surface area contributed by atoms with Gasteiger partial charge >= 0.3 is 0 Å². The van der Waals surface area contributed by atoms with Gasteiger partial charge in [-0.1, -0.05) is 6.07 Å². The Morgan fingerprint density at radius 1 is 1.15 bits per heavy atom.